The Morgan fingerprint density at radius 3 is 2.58 bits per heavy atom. The van der Waals surface area contributed by atoms with Crippen LogP contribution in [0.4, 0.5) is 0 Å². The van der Waals surface area contributed by atoms with Gasteiger partial charge in [-0.2, -0.15) is 13.7 Å². The molecule has 120 valence electrons. The molecule has 0 atom stereocenters. The average Bonchev–Trinajstić information content (AvgIpc) is 3.09. The fourth-order valence-corrected chi connectivity index (χ4v) is 2.97. The van der Waals surface area contributed by atoms with Crippen LogP contribution in [0, 0.1) is 18.3 Å². The lowest BCUT2D eigenvalue weighted by Gasteiger charge is -2.09. The van der Waals surface area contributed by atoms with Crippen molar-refractivity contribution in [1.29, 1.82) is 5.26 Å². The van der Waals surface area contributed by atoms with Crippen LogP contribution < -0.4 is 4.18 Å². The van der Waals surface area contributed by atoms with Gasteiger partial charge in [-0.25, -0.2) is 4.98 Å². The molecule has 0 fully saturated rings. The fourth-order valence-electron chi connectivity index (χ4n) is 2.04. The summed E-state index contributed by atoms with van der Waals surface area (Å²) in [4.78, 5) is 3.93. The predicted molar refractivity (Wildman–Crippen MR) is 85.6 cm³/mol. The zero-order valence-corrected chi connectivity index (χ0v) is 13.4. The summed E-state index contributed by atoms with van der Waals surface area (Å²) in [5.41, 5.74) is 1.31. The monoisotopic (exact) mass is 340 g/mol. The topological polar surface area (TPSA) is 93.2 Å². The van der Waals surface area contributed by atoms with Gasteiger partial charge in [0.15, 0.2) is 11.4 Å². The number of aryl methyl sites for hydroxylation is 1. The molecule has 2 aromatic heterocycles. The Hall–Kier alpha value is -3.11. The van der Waals surface area contributed by atoms with Crippen molar-refractivity contribution in [2.45, 2.75) is 11.8 Å². The van der Waals surface area contributed by atoms with Crippen molar-refractivity contribution in [3.8, 4) is 23.1 Å². The average molecular weight is 340 g/mol. The van der Waals surface area contributed by atoms with Gasteiger partial charge in [-0.1, -0.05) is 17.7 Å². The van der Waals surface area contributed by atoms with Gasteiger partial charge in [-0.15, -0.1) is 0 Å². The lowest BCUT2D eigenvalue weighted by atomic mass is 10.2. The molecule has 3 aromatic rings. The van der Waals surface area contributed by atoms with E-state index < -0.39 is 10.1 Å². The molecule has 0 unspecified atom stereocenters. The van der Waals surface area contributed by atoms with Gasteiger partial charge in [0.1, 0.15) is 16.7 Å². The summed E-state index contributed by atoms with van der Waals surface area (Å²) >= 11 is 0. The third-order valence-electron chi connectivity index (χ3n) is 3.27. The lowest BCUT2D eigenvalue weighted by molar-refractivity contribution is 0.483. The summed E-state index contributed by atoms with van der Waals surface area (Å²) in [6.07, 6.45) is 2.90. The van der Waals surface area contributed by atoms with Gasteiger partial charge in [0.2, 0.25) is 0 Å². The number of nitriles is 1. The zero-order chi connectivity index (χ0) is 17.2. The van der Waals surface area contributed by atoms with Gasteiger partial charge >= 0.3 is 10.1 Å². The van der Waals surface area contributed by atoms with Crippen molar-refractivity contribution >= 4 is 10.1 Å². The van der Waals surface area contributed by atoms with Gasteiger partial charge in [-0.3, -0.25) is 0 Å². The number of benzene rings is 1. The van der Waals surface area contributed by atoms with Gasteiger partial charge < -0.3 is 8.60 Å². The number of rotatable bonds is 4. The second-order valence-electron chi connectivity index (χ2n) is 5.01. The maximum Gasteiger partial charge on any atom is 0.339 e. The highest BCUT2D eigenvalue weighted by atomic mass is 32.2. The summed E-state index contributed by atoms with van der Waals surface area (Å²) in [6.45, 7) is 1.85. The highest BCUT2D eigenvalue weighted by molar-refractivity contribution is 7.87. The Balaban J connectivity index is 2.01. The highest BCUT2D eigenvalue weighted by Gasteiger charge is 2.20. The zero-order valence-electron chi connectivity index (χ0n) is 12.6. The van der Waals surface area contributed by atoms with Crippen molar-refractivity contribution < 1.29 is 17.0 Å². The Bertz CT molecular complexity index is 1000. The maximum atomic E-state index is 12.4. The first-order valence-corrected chi connectivity index (χ1v) is 8.35. The first-order chi connectivity index (χ1) is 11.5. The van der Waals surface area contributed by atoms with E-state index in [4.69, 9.17) is 13.9 Å². The Kier molecular flexibility index (Phi) is 4.06. The molecular formula is C17H12N2O4S. The van der Waals surface area contributed by atoms with Crippen LogP contribution in [-0.4, -0.2) is 13.4 Å². The molecule has 7 heteroatoms. The minimum absolute atomic E-state index is 0.000362. The third-order valence-corrected chi connectivity index (χ3v) is 4.52. The summed E-state index contributed by atoms with van der Waals surface area (Å²) in [7, 11) is -4.07. The van der Waals surface area contributed by atoms with Gasteiger partial charge in [0, 0.05) is 11.8 Å². The molecule has 3 rings (SSSR count). The van der Waals surface area contributed by atoms with Crippen molar-refractivity contribution in [1.82, 2.24) is 4.98 Å². The van der Waals surface area contributed by atoms with Crippen molar-refractivity contribution in [2.24, 2.45) is 0 Å². The van der Waals surface area contributed by atoms with E-state index in [-0.39, 0.29) is 16.3 Å². The molecule has 0 radical (unpaired) electrons. The number of hydrogen-bond acceptors (Lipinski definition) is 6. The SMILES string of the molecule is Cc1ccc(S(=O)(=O)Oc2cc(-c3ccco3)cnc2C#N)cc1. The highest BCUT2D eigenvalue weighted by Crippen LogP contribution is 2.28. The van der Waals surface area contributed by atoms with E-state index in [1.165, 1.54) is 30.7 Å². The van der Waals surface area contributed by atoms with Gasteiger partial charge in [0.25, 0.3) is 0 Å². The van der Waals surface area contributed by atoms with E-state index in [0.29, 0.717) is 11.3 Å². The number of hydrogen-bond donors (Lipinski definition) is 0. The molecule has 6 nitrogen and oxygen atoms in total. The second-order valence-corrected chi connectivity index (χ2v) is 6.56. The molecule has 0 saturated heterocycles. The molecule has 1 aromatic carbocycles. The molecule has 0 saturated carbocycles. The van der Waals surface area contributed by atoms with E-state index in [1.54, 1.807) is 24.3 Å². The molecule has 2 heterocycles. The second kappa shape index (κ2) is 6.18. The normalized spacial score (nSPS) is 11.0. The van der Waals surface area contributed by atoms with Crippen molar-refractivity contribution in [3.63, 3.8) is 0 Å². The standard InChI is InChI=1S/C17H12N2O4S/c1-12-4-6-14(7-5-12)24(20,21)23-17-9-13(11-19-15(17)10-18)16-3-2-8-22-16/h2-9,11H,1H3. The van der Waals surface area contributed by atoms with Gasteiger partial charge in [0.05, 0.1) is 6.26 Å². The maximum absolute atomic E-state index is 12.4. The molecule has 0 aliphatic rings. The number of nitrogens with zero attached hydrogens (tertiary/aromatic N) is 2. The smallest absolute Gasteiger partial charge is 0.339 e. The largest absolute Gasteiger partial charge is 0.464 e. The van der Waals surface area contributed by atoms with E-state index in [2.05, 4.69) is 4.98 Å². The van der Waals surface area contributed by atoms with E-state index >= 15 is 0 Å². The summed E-state index contributed by atoms with van der Waals surface area (Å²) < 4.78 is 35.2. The van der Waals surface area contributed by atoms with Crippen LogP contribution in [0.3, 0.4) is 0 Å². The predicted octanol–water partition coefficient (Wildman–Crippen LogP) is 3.29. The van der Waals surface area contributed by atoms with Crippen molar-refractivity contribution in [2.75, 3.05) is 0 Å². The van der Waals surface area contributed by atoms with Crippen LogP contribution in [0.1, 0.15) is 11.3 Å². The molecule has 0 aliphatic heterocycles. The van der Waals surface area contributed by atoms with Crippen LogP contribution in [-0.2, 0) is 10.1 Å². The quantitative estimate of drug-likeness (QED) is 0.677. The first kappa shape index (κ1) is 15.8. The number of aromatic nitrogens is 1. The van der Waals surface area contributed by atoms with Crippen molar-refractivity contribution in [3.05, 3.63) is 66.2 Å². The Labute approximate surface area is 139 Å². The molecule has 0 N–H and O–H groups in total. The molecule has 24 heavy (non-hydrogen) atoms. The van der Waals surface area contributed by atoms with E-state index in [9.17, 15) is 8.42 Å². The summed E-state index contributed by atoms with van der Waals surface area (Å²) in [5.74, 6) is 0.344. The number of furan rings is 1. The van der Waals surface area contributed by atoms with Crippen LogP contribution in [0.2, 0.25) is 0 Å². The van der Waals surface area contributed by atoms with Crippen LogP contribution in [0.5, 0.6) is 5.75 Å². The minimum Gasteiger partial charge on any atom is -0.464 e. The minimum atomic E-state index is -4.07. The number of pyridine rings is 1. The molecule has 0 bridgehead atoms. The van der Waals surface area contributed by atoms with E-state index in [1.807, 2.05) is 13.0 Å². The molecule has 0 spiro atoms. The van der Waals surface area contributed by atoms with Crippen LogP contribution >= 0.6 is 0 Å². The molecule has 0 amide bonds. The first-order valence-electron chi connectivity index (χ1n) is 6.95. The van der Waals surface area contributed by atoms with Crippen LogP contribution in [0.15, 0.2) is 64.2 Å². The fraction of sp³-hybridized carbons (Fsp3) is 0.0588. The molecule has 0 aliphatic carbocycles. The van der Waals surface area contributed by atoms with E-state index in [0.717, 1.165) is 5.56 Å². The Morgan fingerprint density at radius 1 is 1.21 bits per heavy atom. The third kappa shape index (κ3) is 3.14. The Morgan fingerprint density at radius 2 is 1.96 bits per heavy atom. The lowest BCUT2D eigenvalue weighted by Crippen LogP contribution is -2.11. The molecular weight excluding hydrogens is 328 g/mol. The van der Waals surface area contributed by atoms with Gasteiger partial charge in [-0.05, 0) is 37.3 Å². The summed E-state index contributed by atoms with van der Waals surface area (Å²) in [6, 6.07) is 12.8. The van der Waals surface area contributed by atoms with Crippen LogP contribution in [0.25, 0.3) is 11.3 Å². The summed E-state index contributed by atoms with van der Waals surface area (Å²) in [5, 5.41) is 9.13.